The van der Waals surface area contributed by atoms with Crippen LogP contribution in [0.15, 0.2) is 0 Å². The second kappa shape index (κ2) is 2.64. The number of hydrogen-bond acceptors (Lipinski definition) is 3. The normalized spacial score (nSPS) is 29.5. The maximum absolute atomic E-state index is 11.7. The fourth-order valence-electron chi connectivity index (χ4n) is 1.24. The van der Waals surface area contributed by atoms with Crippen LogP contribution in [-0.4, -0.2) is 27.2 Å². The largest absolute Gasteiger partial charge is 0.326 e. The monoisotopic (exact) mass is 202 g/mol. The summed E-state index contributed by atoms with van der Waals surface area (Å²) in [5.74, 6) is -0.298. The van der Waals surface area contributed by atoms with Crippen LogP contribution in [0.5, 0.6) is 0 Å². The van der Waals surface area contributed by atoms with Crippen molar-refractivity contribution in [3.8, 4) is 0 Å². The first-order valence-electron chi connectivity index (χ1n) is 4.05. The van der Waals surface area contributed by atoms with Crippen LogP contribution in [0.25, 0.3) is 0 Å². The molecule has 0 radical (unpaired) electrons. The van der Waals surface area contributed by atoms with Gasteiger partial charge in [-0.25, -0.2) is 4.79 Å². The standard InChI is InChI=1S/C8H14N2O2S/c1-7(2,3)10-5(11)8(4,13)9-6(10)12/h13H,1-4H3,(H,9,12). The van der Waals surface area contributed by atoms with Gasteiger partial charge in [0.2, 0.25) is 0 Å². The molecule has 1 aliphatic rings. The van der Waals surface area contributed by atoms with E-state index in [1.165, 1.54) is 4.90 Å². The molecule has 0 saturated carbocycles. The van der Waals surface area contributed by atoms with E-state index < -0.39 is 10.4 Å². The number of rotatable bonds is 0. The van der Waals surface area contributed by atoms with Crippen molar-refractivity contribution < 1.29 is 9.59 Å². The quantitative estimate of drug-likeness (QED) is 0.454. The van der Waals surface area contributed by atoms with Crippen LogP contribution in [-0.2, 0) is 4.79 Å². The van der Waals surface area contributed by atoms with Crippen molar-refractivity contribution in [1.82, 2.24) is 10.2 Å². The molecule has 1 saturated heterocycles. The Morgan fingerprint density at radius 2 is 1.85 bits per heavy atom. The molecule has 0 spiro atoms. The predicted octanol–water partition coefficient (Wildman–Crippen LogP) is 0.983. The summed E-state index contributed by atoms with van der Waals surface area (Å²) in [6, 6.07) is -0.380. The van der Waals surface area contributed by atoms with Gasteiger partial charge in [-0.3, -0.25) is 9.69 Å². The number of amides is 3. The highest BCUT2D eigenvalue weighted by Gasteiger charge is 2.49. The predicted molar refractivity (Wildman–Crippen MR) is 52.5 cm³/mol. The van der Waals surface area contributed by atoms with Gasteiger partial charge >= 0.3 is 6.03 Å². The summed E-state index contributed by atoms with van der Waals surface area (Å²) >= 11 is 4.07. The van der Waals surface area contributed by atoms with E-state index in [1.54, 1.807) is 27.7 Å². The van der Waals surface area contributed by atoms with E-state index in [9.17, 15) is 9.59 Å². The average Bonchev–Trinajstić information content (AvgIpc) is 1.99. The maximum Gasteiger partial charge on any atom is 0.326 e. The van der Waals surface area contributed by atoms with E-state index in [0.29, 0.717) is 0 Å². The minimum absolute atomic E-state index is 0.298. The van der Waals surface area contributed by atoms with Gasteiger partial charge in [0.1, 0.15) is 0 Å². The number of carbonyl (C=O) groups is 2. The van der Waals surface area contributed by atoms with Crippen LogP contribution in [0, 0.1) is 0 Å². The van der Waals surface area contributed by atoms with E-state index in [2.05, 4.69) is 17.9 Å². The van der Waals surface area contributed by atoms with Crippen molar-refractivity contribution in [2.75, 3.05) is 0 Å². The lowest BCUT2D eigenvalue weighted by molar-refractivity contribution is -0.131. The fourth-order valence-corrected chi connectivity index (χ4v) is 1.43. The molecule has 1 fully saturated rings. The Labute approximate surface area is 83.1 Å². The summed E-state index contributed by atoms with van der Waals surface area (Å²) in [4.78, 5) is 23.2. The molecule has 3 amide bonds. The van der Waals surface area contributed by atoms with Gasteiger partial charge in [-0.2, -0.15) is 0 Å². The molecular formula is C8H14N2O2S. The van der Waals surface area contributed by atoms with E-state index in [1.807, 2.05) is 0 Å². The summed E-state index contributed by atoms with van der Waals surface area (Å²) < 4.78 is 0. The summed E-state index contributed by atoms with van der Waals surface area (Å²) in [5.41, 5.74) is -0.498. The first-order chi connectivity index (χ1) is 5.66. The molecule has 0 bridgehead atoms. The lowest BCUT2D eigenvalue weighted by Crippen LogP contribution is -2.46. The van der Waals surface area contributed by atoms with Crippen molar-refractivity contribution in [2.45, 2.75) is 38.1 Å². The molecule has 0 aromatic carbocycles. The highest BCUT2D eigenvalue weighted by Crippen LogP contribution is 2.27. The Kier molecular flexibility index (Phi) is 2.10. The van der Waals surface area contributed by atoms with Crippen LogP contribution in [0.3, 0.4) is 0 Å². The minimum Gasteiger partial charge on any atom is -0.315 e. The minimum atomic E-state index is -1.07. The number of thiol groups is 1. The Bertz CT molecular complexity index is 268. The third kappa shape index (κ3) is 1.65. The fraction of sp³-hybridized carbons (Fsp3) is 0.750. The molecule has 1 rings (SSSR count). The van der Waals surface area contributed by atoms with Gasteiger partial charge in [-0.15, -0.1) is 12.6 Å². The third-order valence-electron chi connectivity index (χ3n) is 1.84. The van der Waals surface area contributed by atoms with Gasteiger partial charge in [0.15, 0.2) is 4.87 Å². The van der Waals surface area contributed by atoms with Crippen molar-refractivity contribution >= 4 is 24.6 Å². The number of urea groups is 1. The van der Waals surface area contributed by atoms with Gasteiger partial charge in [0.25, 0.3) is 5.91 Å². The average molecular weight is 202 g/mol. The van der Waals surface area contributed by atoms with Crippen molar-refractivity contribution in [2.24, 2.45) is 0 Å². The van der Waals surface area contributed by atoms with Crippen molar-refractivity contribution in [1.29, 1.82) is 0 Å². The zero-order chi connectivity index (χ0) is 10.4. The van der Waals surface area contributed by atoms with Crippen molar-refractivity contribution in [3.63, 3.8) is 0 Å². The Hall–Kier alpha value is -0.710. The molecule has 0 aromatic rings. The van der Waals surface area contributed by atoms with Crippen LogP contribution in [0.4, 0.5) is 4.79 Å². The SMILES string of the molecule is CC1(S)NC(=O)N(C(C)(C)C)C1=O. The van der Waals surface area contributed by atoms with E-state index in [-0.39, 0.29) is 11.9 Å². The number of hydrogen-bond donors (Lipinski definition) is 2. The molecule has 13 heavy (non-hydrogen) atoms. The number of nitrogens with one attached hydrogen (secondary N) is 1. The van der Waals surface area contributed by atoms with Crippen LogP contribution in [0.1, 0.15) is 27.7 Å². The summed E-state index contributed by atoms with van der Waals surface area (Å²) in [6.45, 7) is 6.99. The molecule has 1 atom stereocenters. The van der Waals surface area contributed by atoms with Gasteiger partial charge in [0, 0.05) is 5.54 Å². The first-order valence-corrected chi connectivity index (χ1v) is 4.50. The molecule has 1 aliphatic heterocycles. The molecule has 5 heteroatoms. The first kappa shape index (κ1) is 10.4. The molecule has 1 unspecified atom stereocenters. The second-order valence-electron chi connectivity index (χ2n) is 4.31. The molecular weight excluding hydrogens is 188 g/mol. The maximum atomic E-state index is 11.7. The van der Waals surface area contributed by atoms with Crippen LogP contribution in [0.2, 0.25) is 0 Å². The topological polar surface area (TPSA) is 49.4 Å². The smallest absolute Gasteiger partial charge is 0.315 e. The number of imide groups is 1. The molecule has 1 heterocycles. The zero-order valence-corrected chi connectivity index (χ0v) is 9.11. The van der Waals surface area contributed by atoms with Gasteiger partial charge < -0.3 is 5.32 Å². The second-order valence-corrected chi connectivity index (χ2v) is 5.21. The van der Waals surface area contributed by atoms with Crippen molar-refractivity contribution in [3.05, 3.63) is 0 Å². The zero-order valence-electron chi connectivity index (χ0n) is 8.21. The van der Waals surface area contributed by atoms with Crippen LogP contribution < -0.4 is 5.32 Å². The molecule has 0 aliphatic carbocycles. The van der Waals surface area contributed by atoms with Gasteiger partial charge in [-0.1, -0.05) is 0 Å². The Morgan fingerprint density at radius 1 is 1.38 bits per heavy atom. The van der Waals surface area contributed by atoms with E-state index >= 15 is 0 Å². The van der Waals surface area contributed by atoms with Crippen LogP contribution >= 0.6 is 12.6 Å². The lowest BCUT2D eigenvalue weighted by atomic mass is 10.1. The van der Waals surface area contributed by atoms with Gasteiger partial charge in [-0.05, 0) is 27.7 Å². The molecule has 4 nitrogen and oxygen atoms in total. The highest BCUT2D eigenvalue weighted by molar-refractivity contribution is 7.82. The highest BCUT2D eigenvalue weighted by atomic mass is 32.1. The summed E-state index contributed by atoms with van der Waals surface area (Å²) in [7, 11) is 0. The van der Waals surface area contributed by atoms with E-state index in [4.69, 9.17) is 0 Å². The molecule has 1 N–H and O–H groups in total. The summed E-state index contributed by atoms with van der Waals surface area (Å²) in [5, 5.41) is 2.50. The number of nitrogens with zero attached hydrogens (tertiary/aromatic N) is 1. The van der Waals surface area contributed by atoms with E-state index in [0.717, 1.165) is 0 Å². The Morgan fingerprint density at radius 3 is 2.00 bits per heavy atom. The molecule has 74 valence electrons. The number of carbonyl (C=O) groups excluding carboxylic acids is 2. The lowest BCUT2D eigenvalue weighted by Gasteiger charge is -2.29. The Balaban J connectivity index is 3.03. The molecule has 0 aromatic heterocycles. The van der Waals surface area contributed by atoms with Gasteiger partial charge in [0.05, 0.1) is 0 Å². The summed E-state index contributed by atoms with van der Waals surface area (Å²) in [6.07, 6.45) is 0. The third-order valence-corrected chi connectivity index (χ3v) is 2.15.